The Morgan fingerprint density at radius 2 is 2.24 bits per heavy atom. The molecular formula is C13H11NO3. The molecule has 1 aromatic carbocycles. The predicted molar refractivity (Wildman–Crippen MR) is 63.1 cm³/mol. The highest BCUT2D eigenvalue weighted by atomic mass is 16.5. The van der Waals surface area contributed by atoms with E-state index in [1.165, 1.54) is 7.11 Å². The van der Waals surface area contributed by atoms with Crippen LogP contribution in [-0.4, -0.2) is 7.11 Å². The van der Waals surface area contributed by atoms with Crippen LogP contribution in [0.4, 0.5) is 0 Å². The van der Waals surface area contributed by atoms with E-state index >= 15 is 0 Å². The van der Waals surface area contributed by atoms with Crippen LogP contribution in [0, 0.1) is 11.3 Å². The first-order chi connectivity index (χ1) is 8.22. The first-order valence-electron chi connectivity index (χ1n) is 5.25. The van der Waals surface area contributed by atoms with Gasteiger partial charge < -0.3 is 9.15 Å². The molecule has 2 aromatic rings. The minimum Gasteiger partial charge on any atom is -0.493 e. The van der Waals surface area contributed by atoms with Crippen molar-refractivity contribution < 1.29 is 9.15 Å². The molecule has 0 radical (unpaired) electrons. The average molecular weight is 229 g/mol. The molecule has 0 saturated carbocycles. The smallest absolute Gasteiger partial charge is 0.354 e. The molecule has 0 saturated heterocycles. The van der Waals surface area contributed by atoms with Crippen LogP contribution < -0.4 is 10.4 Å². The Morgan fingerprint density at radius 1 is 1.47 bits per heavy atom. The molecule has 1 heterocycles. The van der Waals surface area contributed by atoms with E-state index in [4.69, 9.17) is 14.4 Å². The van der Waals surface area contributed by atoms with Crippen LogP contribution in [0.15, 0.2) is 27.4 Å². The Hall–Kier alpha value is -2.28. The monoisotopic (exact) mass is 229 g/mol. The van der Waals surface area contributed by atoms with Gasteiger partial charge in [0, 0.05) is 5.39 Å². The maximum absolute atomic E-state index is 11.7. The van der Waals surface area contributed by atoms with E-state index in [0.29, 0.717) is 23.3 Å². The maximum atomic E-state index is 11.7. The number of hydrogen-bond donors (Lipinski definition) is 0. The van der Waals surface area contributed by atoms with E-state index in [1.54, 1.807) is 6.07 Å². The van der Waals surface area contributed by atoms with Crippen LogP contribution in [-0.2, 0) is 6.42 Å². The fraction of sp³-hybridized carbons (Fsp3) is 0.231. The van der Waals surface area contributed by atoms with Gasteiger partial charge in [-0.1, -0.05) is 19.1 Å². The summed E-state index contributed by atoms with van der Waals surface area (Å²) in [6.07, 6.45) is 0.595. The standard InChI is InChI=1S/C13H11NO3/c1-3-8-9-5-4-6-11(16-2)12(9)17-13(15)10(8)7-14/h4-6H,3H2,1-2H3. The minimum atomic E-state index is -0.610. The summed E-state index contributed by atoms with van der Waals surface area (Å²) in [5, 5.41) is 9.73. The van der Waals surface area contributed by atoms with Gasteiger partial charge in [-0.25, -0.2) is 4.79 Å². The predicted octanol–water partition coefficient (Wildman–Crippen LogP) is 2.24. The number of rotatable bonds is 2. The summed E-state index contributed by atoms with van der Waals surface area (Å²) in [6.45, 7) is 1.90. The van der Waals surface area contributed by atoms with Gasteiger partial charge in [0.05, 0.1) is 7.11 Å². The lowest BCUT2D eigenvalue weighted by molar-refractivity contribution is 0.406. The number of hydrogen-bond acceptors (Lipinski definition) is 4. The van der Waals surface area contributed by atoms with Crippen molar-refractivity contribution in [1.29, 1.82) is 5.26 Å². The Balaban J connectivity index is 2.99. The Labute approximate surface area is 98.0 Å². The van der Waals surface area contributed by atoms with Gasteiger partial charge in [0.25, 0.3) is 0 Å². The number of nitriles is 1. The zero-order chi connectivity index (χ0) is 12.4. The molecule has 4 heteroatoms. The third kappa shape index (κ3) is 1.66. The second-order valence-corrected chi connectivity index (χ2v) is 3.55. The molecule has 0 aliphatic heterocycles. The number of nitrogens with zero attached hydrogens (tertiary/aromatic N) is 1. The Bertz CT molecular complexity index is 665. The lowest BCUT2D eigenvalue weighted by Gasteiger charge is -2.07. The second kappa shape index (κ2) is 4.30. The number of methoxy groups -OCH3 is 1. The Morgan fingerprint density at radius 3 is 2.82 bits per heavy atom. The largest absolute Gasteiger partial charge is 0.493 e. The summed E-state index contributed by atoms with van der Waals surface area (Å²) >= 11 is 0. The minimum absolute atomic E-state index is 0.0771. The molecule has 0 aliphatic carbocycles. The van der Waals surface area contributed by atoms with Crippen molar-refractivity contribution in [3.05, 3.63) is 39.7 Å². The molecule has 0 amide bonds. The molecule has 2 rings (SSSR count). The summed E-state index contributed by atoms with van der Waals surface area (Å²) in [6, 6.07) is 7.24. The van der Waals surface area contributed by atoms with Crippen molar-refractivity contribution in [2.24, 2.45) is 0 Å². The van der Waals surface area contributed by atoms with E-state index in [0.717, 1.165) is 5.39 Å². The molecular weight excluding hydrogens is 218 g/mol. The molecule has 0 N–H and O–H groups in total. The average Bonchev–Trinajstić information content (AvgIpc) is 2.36. The zero-order valence-corrected chi connectivity index (χ0v) is 9.61. The van der Waals surface area contributed by atoms with Crippen LogP contribution in [0.1, 0.15) is 18.1 Å². The van der Waals surface area contributed by atoms with Crippen LogP contribution >= 0.6 is 0 Å². The van der Waals surface area contributed by atoms with Gasteiger partial charge in [-0.15, -0.1) is 0 Å². The van der Waals surface area contributed by atoms with Crippen LogP contribution in [0.2, 0.25) is 0 Å². The highest BCUT2D eigenvalue weighted by Gasteiger charge is 2.15. The van der Waals surface area contributed by atoms with Gasteiger partial charge in [-0.2, -0.15) is 5.26 Å². The molecule has 0 spiro atoms. The first-order valence-corrected chi connectivity index (χ1v) is 5.25. The van der Waals surface area contributed by atoms with Crippen molar-refractivity contribution in [3.63, 3.8) is 0 Å². The van der Waals surface area contributed by atoms with Crippen molar-refractivity contribution in [2.45, 2.75) is 13.3 Å². The van der Waals surface area contributed by atoms with Crippen LogP contribution in [0.5, 0.6) is 5.75 Å². The van der Waals surface area contributed by atoms with Crippen molar-refractivity contribution in [1.82, 2.24) is 0 Å². The number of para-hydroxylation sites is 1. The van der Waals surface area contributed by atoms with Gasteiger partial charge in [0.2, 0.25) is 0 Å². The highest BCUT2D eigenvalue weighted by molar-refractivity contribution is 5.86. The number of aryl methyl sites for hydroxylation is 1. The molecule has 17 heavy (non-hydrogen) atoms. The number of ether oxygens (including phenoxy) is 1. The van der Waals surface area contributed by atoms with E-state index in [9.17, 15) is 4.79 Å². The van der Waals surface area contributed by atoms with E-state index in [-0.39, 0.29) is 5.56 Å². The van der Waals surface area contributed by atoms with Crippen LogP contribution in [0.25, 0.3) is 11.0 Å². The zero-order valence-electron chi connectivity index (χ0n) is 9.61. The van der Waals surface area contributed by atoms with Crippen molar-refractivity contribution in [2.75, 3.05) is 7.11 Å². The van der Waals surface area contributed by atoms with Gasteiger partial charge in [-0.05, 0) is 18.1 Å². The van der Waals surface area contributed by atoms with E-state index < -0.39 is 5.63 Å². The van der Waals surface area contributed by atoms with Gasteiger partial charge >= 0.3 is 5.63 Å². The first kappa shape index (κ1) is 11.2. The SMILES string of the molecule is CCc1c(C#N)c(=O)oc2c(OC)cccc12. The summed E-state index contributed by atoms with van der Waals surface area (Å²) in [7, 11) is 1.51. The summed E-state index contributed by atoms with van der Waals surface area (Å²) < 4.78 is 10.3. The fourth-order valence-electron chi connectivity index (χ4n) is 1.90. The Kier molecular flexibility index (Phi) is 2.84. The molecule has 0 bridgehead atoms. The normalized spacial score (nSPS) is 10.2. The molecule has 4 nitrogen and oxygen atoms in total. The van der Waals surface area contributed by atoms with Gasteiger partial charge in [0.1, 0.15) is 11.6 Å². The fourth-order valence-corrected chi connectivity index (χ4v) is 1.90. The van der Waals surface area contributed by atoms with E-state index in [2.05, 4.69) is 0 Å². The summed E-state index contributed by atoms with van der Waals surface area (Å²) in [5.41, 5.74) is 0.572. The summed E-state index contributed by atoms with van der Waals surface area (Å²) in [4.78, 5) is 11.7. The molecule has 0 unspecified atom stereocenters. The number of benzene rings is 1. The quantitative estimate of drug-likeness (QED) is 0.741. The molecule has 86 valence electrons. The summed E-state index contributed by atoms with van der Waals surface area (Å²) in [5.74, 6) is 0.499. The lowest BCUT2D eigenvalue weighted by Crippen LogP contribution is -2.08. The third-order valence-electron chi connectivity index (χ3n) is 2.69. The lowest BCUT2D eigenvalue weighted by atomic mass is 10.0. The third-order valence-corrected chi connectivity index (χ3v) is 2.69. The molecule has 0 atom stereocenters. The highest BCUT2D eigenvalue weighted by Crippen LogP contribution is 2.28. The van der Waals surface area contributed by atoms with Crippen molar-refractivity contribution in [3.8, 4) is 11.8 Å². The van der Waals surface area contributed by atoms with Crippen molar-refractivity contribution >= 4 is 11.0 Å². The molecule has 0 fully saturated rings. The number of fused-ring (bicyclic) bond motifs is 1. The van der Waals surface area contributed by atoms with E-state index in [1.807, 2.05) is 25.1 Å². The second-order valence-electron chi connectivity index (χ2n) is 3.55. The van der Waals surface area contributed by atoms with Crippen LogP contribution in [0.3, 0.4) is 0 Å². The van der Waals surface area contributed by atoms with Gasteiger partial charge in [-0.3, -0.25) is 0 Å². The molecule has 0 aliphatic rings. The topological polar surface area (TPSA) is 63.2 Å². The van der Waals surface area contributed by atoms with Gasteiger partial charge in [0.15, 0.2) is 11.3 Å². The maximum Gasteiger partial charge on any atom is 0.354 e. The molecule has 1 aromatic heterocycles.